The number of thiocarbonyl (C=S) groups is 1. The summed E-state index contributed by atoms with van der Waals surface area (Å²) in [7, 11) is 0. The topological polar surface area (TPSA) is 81.8 Å². The molecule has 4 heterocycles. The molecular weight excluding hydrogens is 556 g/mol. The van der Waals surface area contributed by atoms with Gasteiger partial charge in [0.05, 0.1) is 28.0 Å². The molecule has 2 N–H and O–H groups in total. The standard InChI is InChI=1S/C32H31ClN4O3S/c1-19-15-20(2)18-36(17-19)26-11-10-21(16-24(26)33)37-30(29(35-32(37)41)25-9-5-6-14-34-25)28-13-12-27(40-28)22-7-3-4-8-23(22)31(38)39/h3-14,16,19-20,29-30H,15,17-18H2,1-2H3,(H,35,41)(H,38,39)/t19-,20-,29-,30-/m0/s1. The Hall–Kier alpha value is -3.88. The normalized spacial score (nSPS) is 22.6. The number of aromatic nitrogens is 1. The first-order valence-corrected chi connectivity index (χ1v) is 14.6. The van der Waals surface area contributed by atoms with E-state index in [-0.39, 0.29) is 17.6 Å². The summed E-state index contributed by atoms with van der Waals surface area (Å²) in [5, 5.41) is 14.4. The Kier molecular flexibility index (Phi) is 7.45. The first-order valence-electron chi connectivity index (χ1n) is 13.8. The van der Waals surface area contributed by atoms with Crippen LogP contribution in [0.2, 0.25) is 5.02 Å². The summed E-state index contributed by atoms with van der Waals surface area (Å²) < 4.78 is 6.40. The number of aromatic carboxylic acids is 1. The number of benzene rings is 2. The zero-order valence-corrected chi connectivity index (χ0v) is 24.4. The molecule has 9 heteroatoms. The van der Waals surface area contributed by atoms with Crippen LogP contribution in [-0.2, 0) is 0 Å². The zero-order chi connectivity index (χ0) is 28.7. The Morgan fingerprint density at radius 3 is 2.51 bits per heavy atom. The quantitative estimate of drug-likeness (QED) is 0.227. The van der Waals surface area contributed by atoms with Crippen molar-refractivity contribution in [3.8, 4) is 11.3 Å². The van der Waals surface area contributed by atoms with Crippen LogP contribution in [0, 0.1) is 11.8 Å². The number of carbonyl (C=O) groups is 1. The predicted molar refractivity (Wildman–Crippen MR) is 166 cm³/mol. The Labute approximate surface area is 249 Å². The number of piperidine rings is 1. The van der Waals surface area contributed by atoms with E-state index in [9.17, 15) is 9.90 Å². The second-order valence-electron chi connectivity index (χ2n) is 11.0. The molecule has 0 spiro atoms. The fourth-order valence-electron chi connectivity index (χ4n) is 6.22. The van der Waals surface area contributed by atoms with Gasteiger partial charge in [0, 0.05) is 30.5 Å². The largest absolute Gasteiger partial charge is 0.478 e. The molecule has 41 heavy (non-hydrogen) atoms. The van der Waals surface area contributed by atoms with Crippen LogP contribution in [-0.4, -0.2) is 34.3 Å². The third-order valence-corrected chi connectivity index (χ3v) is 8.48. The smallest absolute Gasteiger partial charge is 0.336 e. The maximum Gasteiger partial charge on any atom is 0.336 e. The van der Waals surface area contributed by atoms with E-state index >= 15 is 0 Å². The summed E-state index contributed by atoms with van der Waals surface area (Å²) in [5.74, 6) is 1.29. The van der Waals surface area contributed by atoms with Crippen molar-refractivity contribution in [2.75, 3.05) is 22.9 Å². The van der Waals surface area contributed by atoms with E-state index in [0.717, 1.165) is 30.2 Å². The van der Waals surface area contributed by atoms with E-state index in [2.05, 4.69) is 41.2 Å². The van der Waals surface area contributed by atoms with Gasteiger partial charge in [0.2, 0.25) is 0 Å². The van der Waals surface area contributed by atoms with Crippen molar-refractivity contribution < 1.29 is 14.3 Å². The molecule has 0 aliphatic carbocycles. The number of rotatable bonds is 6. The van der Waals surface area contributed by atoms with E-state index in [1.165, 1.54) is 6.42 Å². The molecule has 6 rings (SSSR count). The van der Waals surface area contributed by atoms with Crippen molar-refractivity contribution in [2.45, 2.75) is 32.4 Å². The van der Waals surface area contributed by atoms with Gasteiger partial charge in [-0.25, -0.2) is 4.79 Å². The maximum absolute atomic E-state index is 11.9. The van der Waals surface area contributed by atoms with Gasteiger partial charge in [-0.05, 0) is 79.0 Å². The Morgan fingerprint density at radius 2 is 1.80 bits per heavy atom. The number of hydrogen-bond acceptors (Lipinski definition) is 5. The van der Waals surface area contributed by atoms with Crippen LogP contribution in [0.4, 0.5) is 11.4 Å². The average molecular weight is 587 g/mol. The zero-order valence-electron chi connectivity index (χ0n) is 22.8. The van der Waals surface area contributed by atoms with Crippen LogP contribution in [0.1, 0.15) is 54.2 Å². The van der Waals surface area contributed by atoms with Crippen LogP contribution < -0.4 is 15.1 Å². The molecule has 0 radical (unpaired) electrons. The number of carboxylic acid groups (broad SMARTS) is 1. The lowest BCUT2D eigenvalue weighted by Gasteiger charge is -2.37. The highest BCUT2D eigenvalue weighted by Gasteiger charge is 2.43. The molecule has 0 saturated carbocycles. The molecule has 2 fully saturated rings. The van der Waals surface area contributed by atoms with E-state index in [4.69, 9.17) is 28.2 Å². The molecule has 2 aliphatic rings. The fraction of sp³-hybridized carbons (Fsp3) is 0.281. The lowest BCUT2D eigenvalue weighted by molar-refractivity contribution is 0.0697. The molecule has 2 aliphatic heterocycles. The summed E-state index contributed by atoms with van der Waals surface area (Å²) in [6.45, 7) is 6.52. The number of hydrogen-bond donors (Lipinski definition) is 2. The van der Waals surface area contributed by atoms with Crippen molar-refractivity contribution >= 4 is 46.3 Å². The second-order valence-corrected chi connectivity index (χ2v) is 11.8. The van der Waals surface area contributed by atoms with Gasteiger partial charge in [0.25, 0.3) is 0 Å². The number of anilines is 2. The molecule has 4 aromatic rings. The Balaban J connectivity index is 1.40. The van der Waals surface area contributed by atoms with Crippen LogP contribution in [0.25, 0.3) is 11.3 Å². The van der Waals surface area contributed by atoms with E-state index in [1.54, 1.807) is 36.5 Å². The number of carboxylic acids is 1. The molecule has 7 nitrogen and oxygen atoms in total. The first kappa shape index (κ1) is 27.3. The minimum Gasteiger partial charge on any atom is -0.478 e. The highest BCUT2D eigenvalue weighted by Crippen LogP contribution is 2.45. The highest BCUT2D eigenvalue weighted by molar-refractivity contribution is 7.80. The van der Waals surface area contributed by atoms with Crippen molar-refractivity contribution in [2.24, 2.45) is 11.8 Å². The number of furan rings is 1. The van der Waals surface area contributed by atoms with Gasteiger partial charge in [-0.1, -0.05) is 49.7 Å². The first-order chi connectivity index (χ1) is 19.8. The fourth-order valence-corrected chi connectivity index (χ4v) is 6.86. The van der Waals surface area contributed by atoms with Gasteiger partial charge in [-0.2, -0.15) is 0 Å². The molecule has 0 unspecified atom stereocenters. The van der Waals surface area contributed by atoms with Crippen molar-refractivity contribution in [3.63, 3.8) is 0 Å². The van der Waals surface area contributed by atoms with Gasteiger partial charge in [0.15, 0.2) is 5.11 Å². The number of pyridine rings is 1. The summed E-state index contributed by atoms with van der Waals surface area (Å²) in [6, 6.07) is 21.7. The van der Waals surface area contributed by atoms with Gasteiger partial charge >= 0.3 is 5.97 Å². The number of nitrogens with zero attached hydrogens (tertiary/aromatic N) is 3. The molecule has 0 amide bonds. The Morgan fingerprint density at radius 1 is 1.05 bits per heavy atom. The monoisotopic (exact) mass is 586 g/mol. The summed E-state index contributed by atoms with van der Waals surface area (Å²) in [5.41, 5.74) is 3.36. The molecule has 2 aromatic carbocycles. The van der Waals surface area contributed by atoms with Gasteiger partial charge < -0.3 is 24.6 Å². The van der Waals surface area contributed by atoms with Crippen molar-refractivity contribution in [3.05, 3.63) is 101 Å². The molecule has 2 saturated heterocycles. The van der Waals surface area contributed by atoms with Crippen LogP contribution in [0.15, 0.2) is 83.4 Å². The highest BCUT2D eigenvalue weighted by atomic mass is 35.5. The Bertz CT molecular complexity index is 1580. The molecule has 210 valence electrons. The molecule has 2 aromatic heterocycles. The molecular formula is C32H31ClN4O3S. The lowest BCUT2D eigenvalue weighted by atomic mass is 9.91. The second kappa shape index (κ2) is 11.2. The van der Waals surface area contributed by atoms with Gasteiger partial charge in [-0.15, -0.1) is 0 Å². The van der Waals surface area contributed by atoms with Crippen LogP contribution in [0.3, 0.4) is 0 Å². The minimum atomic E-state index is -1.01. The summed E-state index contributed by atoms with van der Waals surface area (Å²) in [4.78, 5) is 20.9. The average Bonchev–Trinajstić information content (AvgIpc) is 3.57. The third-order valence-electron chi connectivity index (χ3n) is 7.86. The van der Waals surface area contributed by atoms with Crippen molar-refractivity contribution in [1.29, 1.82) is 0 Å². The van der Waals surface area contributed by atoms with Crippen molar-refractivity contribution in [1.82, 2.24) is 10.3 Å². The van der Waals surface area contributed by atoms with Crippen LogP contribution >= 0.6 is 23.8 Å². The van der Waals surface area contributed by atoms with Crippen LogP contribution in [0.5, 0.6) is 0 Å². The third kappa shape index (κ3) is 5.29. The van der Waals surface area contributed by atoms with Gasteiger partial charge in [0.1, 0.15) is 17.6 Å². The van der Waals surface area contributed by atoms with E-state index in [0.29, 0.717) is 39.1 Å². The predicted octanol–water partition coefficient (Wildman–Crippen LogP) is 7.35. The maximum atomic E-state index is 11.9. The summed E-state index contributed by atoms with van der Waals surface area (Å²) in [6.07, 6.45) is 2.97. The molecule has 4 atom stereocenters. The minimum absolute atomic E-state index is 0.176. The number of halogens is 1. The van der Waals surface area contributed by atoms with E-state index in [1.807, 2.05) is 35.2 Å². The SMILES string of the molecule is C[C@H]1C[C@H](C)CN(c2ccc(N3C(=S)N[C@@H](c4ccccn4)[C@@H]3c3ccc(-c4ccccc4C(=O)O)o3)cc2Cl)C1. The van der Waals surface area contributed by atoms with Gasteiger partial charge in [-0.3, -0.25) is 4.98 Å². The van der Waals surface area contributed by atoms with E-state index < -0.39 is 5.97 Å². The number of nitrogens with one attached hydrogen (secondary N) is 1. The molecule has 0 bridgehead atoms. The lowest BCUT2D eigenvalue weighted by Crippen LogP contribution is -2.38. The summed E-state index contributed by atoms with van der Waals surface area (Å²) >= 11 is 12.8.